The molecular weight excluding hydrogens is 207 g/mol. The maximum Gasteiger partial charge on any atom is 0.256 e. The summed E-state index contributed by atoms with van der Waals surface area (Å²) in [5.41, 5.74) is -0.932. The van der Waals surface area contributed by atoms with Crippen LogP contribution in [0, 0.1) is 18.2 Å². The highest BCUT2D eigenvalue weighted by molar-refractivity contribution is 6.28. The topological polar surface area (TPSA) is 35.0 Å². The van der Waals surface area contributed by atoms with E-state index in [1.54, 1.807) is 13.8 Å². The van der Waals surface area contributed by atoms with Gasteiger partial charge in [-0.2, -0.15) is 9.37 Å². The first-order chi connectivity index (χ1) is 6.44. The Morgan fingerprint density at radius 1 is 1.64 bits per heavy atom. The molecule has 0 aliphatic heterocycles. The normalized spacial score (nSPS) is 10.8. The second kappa shape index (κ2) is 3.81. The number of ether oxygens (including phenoxy) is 1. The van der Waals surface area contributed by atoms with E-state index in [0.717, 1.165) is 6.20 Å². The minimum atomic E-state index is -0.932. The Labute approximate surface area is 86.3 Å². The molecule has 0 N–H and O–H groups in total. The molecule has 1 heterocycles. The van der Waals surface area contributed by atoms with E-state index >= 15 is 0 Å². The van der Waals surface area contributed by atoms with E-state index in [9.17, 15) is 4.39 Å². The van der Waals surface area contributed by atoms with Gasteiger partial charge in [0.1, 0.15) is 0 Å². The van der Waals surface area contributed by atoms with Crippen molar-refractivity contribution in [2.75, 3.05) is 0 Å². The first kappa shape index (κ1) is 10.7. The molecule has 0 spiro atoms. The lowest BCUT2D eigenvalue weighted by Gasteiger charge is -2.19. The van der Waals surface area contributed by atoms with E-state index in [-0.39, 0.29) is 11.2 Å². The van der Waals surface area contributed by atoms with Crippen LogP contribution < -0.4 is 4.74 Å². The van der Waals surface area contributed by atoms with Gasteiger partial charge < -0.3 is 4.74 Å². The van der Waals surface area contributed by atoms with E-state index < -0.39 is 11.4 Å². The Morgan fingerprint density at radius 3 is 2.86 bits per heavy atom. The van der Waals surface area contributed by atoms with Gasteiger partial charge in [-0.3, -0.25) is 0 Å². The van der Waals surface area contributed by atoms with Crippen molar-refractivity contribution in [1.29, 1.82) is 0 Å². The quantitative estimate of drug-likeness (QED) is 0.558. The minimum absolute atomic E-state index is 0.0887. The number of aromatic nitrogens is 2. The van der Waals surface area contributed by atoms with Crippen LogP contribution in [0.3, 0.4) is 0 Å². The summed E-state index contributed by atoms with van der Waals surface area (Å²) in [5.74, 6) is 1.40. The van der Waals surface area contributed by atoms with Crippen LogP contribution in [0.15, 0.2) is 6.20 Å². The number of hydrogen-bond donors (Lipinski definition) is 0. The molecule has 3 nitrogen and oxygen atoms in total. The molecule has 0 atom stereocenters. The molecule has 5 heteroatoms. The van der Waals surface area contributed by atoms with Crippen LogP contribution >= 0.6 is 11.6 Å². The second-order valence-electron chi connectivity index (χ2n) is 3.05. The summed E-state index contributed by atoms with van der Waals surface area (Å²) in [6.07, 6.45) is 6.10. The monoisotopic (exact) mass is 214 g/mol. The van der Waals surface area contributed by atoms with Crippen molar-refractivity contribution >= 4 is 11.6 Å². The zero-order valence-electron chi connectivity index (χ0n) is 7.71. The molecule has 0 saturated carbocycles. The SMILES string of the molecule is C#CC(C)(C)Oc1nc(Cl)ncc1F. The predicted octanol–water partition coefficient (Wildman–Crippen LogP) is 2.06. The van der Waals surface area contributed by atoms with Crippen molar-refractivity contribution in [3.8, 4) is 18.2 Å². The summed E-state index contributed by atoms with van der Waals surface area (Å²) in [7, 11) is 0. The Kier molecular flexibility index (Phi) is 2.92. The van der Waals surface area contributed by atoms with Gasteiger partial charge in [-0.25, -0.2) is 4.98 Å². The van der Waals surface area contributed by atoms with Crippen molar-refractivity contribution in [3.05, 3.63) is 17.3 Å². The molecule has 1 rings (SSSR count). The highest BCUT2D eigenvalue weighted by atomic mass is 35.5. The third-order valence-electron chi connectivity index (χ3n) is 1.38. The smallest absolute Gasteiger partial charge is 0.256 e. The van der Waals surface area contributed by atoms with Crippen molar-refractivity contribution in [3.63, 3.8) is 0 Å². The van der Waals surface area contributed by atoms with Crippen LogP contribution in [0.25, 0.3) is 0 Å². The molecular formula is C9H8ClFN2O. The van der Waals surface area contributed by atoms with Crippen molar-refractivity contribution < 1.29 is 9.13 Å². The third kappa shape index (κ3) is 2.57. The Bertz CT molecular complexity index is 387. The molecule has 0 radical (unpaired) electrons. The molecule has 0 aliphatic carbocycles. The lowest BCUT2D eigenvalue weighted by atomic mass is 10.1. The highest BCUT2D eigenvalue weighted by Gasteiger charge is 2.19. The van der Waals surface area contributed by atoms with Crippen LogP contribution in [0.2, 0.25) is 5.28 Å². The zero-order valence-corrected chi connectivity index (χ0v) is 8.47. The molecule has 14 heavy (non-hydrogen) atoms. The summed E-state index contributed by atoms with van der Waals surface area (Å²) >= 11 is 5.47. The number of rotatable bonds is 2. The maximum absolute atomic E-state index is 13.1. The lowest BCUT2D eigenvalue weighted by molar-refractivity contribution is 0.155. The number of nitrogens with zero attached hydrogens (tertiary/aromatic N) is 2. The molecule has 0 fully saturated rings. The molecule has 0 unspecified atom stereocenters. The fraction of sp³-hybridized carbons (Fsp3) is 0.333. The fourth-order valence-electron chi connectivity index (χ4n) is 0.674. The van der Waals surface area contributed by atoms with Crippen molar-refractivity contribution in [2.45, 2.75) is 19.4 Å². The Morgan fingerprint density at radius 2 is 2.29 bits per heavy atom. The second-order valence-corrected chi connectivity index (χ2v) is 3.39. The van der Waals surface area contributed by atoms with E-state index in [1.165, 1.54) is 0 Å². The average molecular weight is 215 g/mol. The summed E-state index contributed by atoms with van der Waals surface area (Å²) in [5, 5.41) is -0.0887. The molecule has 74 valence electrons. The van der Waals surface area contributed by atoms with E-state index in [2.05, 4.69) is 15.9 Å². The van der Waals surface area contributed by atoms with Gasteiger partial charge in [0.2, 0.25) is 11.1 Å². The number of terminal acetylenes is 1. The number of hydrogen-bond acceptors (Lipinski definition) is 3. The van der Waals surface area contributed by atoms with Crippen LogP contribution in [0.5, 0.6) is 5.88 Å². The van der Waals surface area contributed by atoms with Crippen molar-refractivity contribution in [2.24, 2.45) is 0 Å². The van der Waals surface area contributed by atoms with E-state index in [4.69, 9.17) is 22.8 Å². The van der Waals surface area contributed by atoms with Gasteiger partial charge in [0.15, 0.2) is 5.60 Å². The molecule has 1 aromatic heterocycles. The zero-order chi connectivity index (χ0) is 10.8. The molecule has 0 aromatic carbocycles. The average Bonchev–Trinajstić information content (AvgIpc) is 2.11. The largest absolute Gasteiger partial charge is 0.456 e. The third-order valence-corrected chi connectivity index (χ3v) is 1.56. The Balaban J connectivity index is 2.98. The van der Waals surface area contributed by atoms with Gasteiger partial charge in [-0.15, -0.1) is 6.42 Å². The van der Waals surface area contributed by atoms with Crippen LogP contribution in [-0.2, 0) is 0 Å². The van der Waals surface area contributed by atoms with Gasteiger partial charge in [0, 0.05) is 0 Å². The van der Waals surface area contributed by atoms with Gasteiger partial charge >= 0.3 is 0 Å². The first-order valence-electron chi connectivity index (χ1n) is 3.79. The summed E-state index contributed by atoms with van der Waals surface area (Å²) in [6.45, 7) is 3.23. The van der Waals surface area contributed by atoms with Gasteiger partial charge in [0.25, 0.3) is 5.88 Å². The highest BCUT2D eigenvalue weighted by Crippen LogP contribution is 2.19. The molecule has 0 bridgehead atoms. The number of halogens is 2. The van der Waals surface area contributed by atoms with Gasteiger partial charge in [-0.05, 0) is 25.4 Å². The molecule has 0 saturated heterocycles. The minimum Gasteiger partial charge on any atom is -0.456 e. The Hall–Kier alpha value is -1.34. The van der Waals surface area contributed by atoms with E-state index in [1.807, 2.05) is 0 Å². The summed E-state index contributed by atoms with van der Waals surface area (Å²) < 4.78 is 18.2. The van der Waals surface area contributed by atoms with Gasteiger partial charge in [-0.1, -0.05) is 5.92 Å². The summed E-state index contributed by atoms with van der Waals surface area (Å²) in [4.78, 5) is 7.01. The molecule has 0 aliphatic rings. The molecule has 0 amide bonds. The van der Waals surface area contributed by atoms with Crippen molar-refractivity contribution in [1.82, 2.24) is 9.97 Å². The van der Waals surface area contributed by atoms with Crippen LogP contribution in [-0.4, -0.2) is 15.6 Å². The summed E-state index contributed by atoms with van der Waals surface area (Å²) in [6, 6.07) is 0. The van der Waals surface area contributed by atoms with Crippen LogP contribution in [0.4, 0.5) is 4.39 Å². The fourth-order valence-corrected chi connectivity index (χ4v) is 0.799. The molecule has 1 aromatic rings. The maximum atomic E-state index is 13.1. The first-order valence-corrected chi connectivity index (χ1v) is 4.17. The van der Waals surface area contributed by atoms with E-state index in [0.29, 0.717) is 0 Å². The lowest BCUT2D eigenvalue weighted by Crippen LogP contribution is -2.26. The standard InChI is InChI=1S/C9H8ClFN2O/c1-4-9(2,3)14-7-6(11)5-12-8(10)13-7/h1,5H,2-3H3. The predicted molar refractivity (Wildman–Crippen MR) is 50.5 cm³/mol. The van der Waals surface area contributed by atoms with Gasteiger partial charge in [0.05, 0.1) is 6.20 Å². The van der Waals surface area contributed by atoms with Crippen LogP contribution in [0.1, 0.15) is 13.8 Å².